The van der Waals surface area contributed by atoms with E-state index in [9.17, 15) is 13.6 Å². The lowest BCUT2D eigenvalue weighted by Crippen LogP contribution is -2.11. The van der Waals surface area contributed by atoms with E-state index in [0.717, 1.165) is 12.1 Å². The van der Waals surface area contributed by atoms with Crippen LogP contribution in [0.15, 0.2) is 18.2 Å². The van der Waals surface area contributed by atoms with Gasteiger partial charge in [0.25, 0.3) is 0 Å². The molecular weight excluding hydrogens is 188 g/mol. The van der Waals surface area contributed by atoms with Gasteiger partial charge >= 0.3 is 0 Å². The molecule has 0 bridgehead atoms. The molecule has 0 radical (unpaired) electrons. The third-order valence-corrected chi connectivity index (χ3v) is 1.39. The van der Waals surface area contributed by atoms with Crippen LogP contribution >= 0.6 is 0 Å². The number of benzene rings is 1. The quantitative estimate of drug-likeness (QED) is 0.751. The first-order chi connectivity index (χ1) is 6.74. The van der Waals surface area contributed by atoms with Crippen LogP contribution in [-0.2, 0) is 11.3 Å². The van der Waals surface area contributed by atoms with Crippen LogP contribution in [0.5, 0.6) is 0 Å². The van der Waals surface area contributed by atoms with Gasteiger partial charge in [-0.25, -0.2) is 8.78 Å². The minimum Gasteiger partial charge on any atom is -0.354 e. The average Bonchev–Trinajstić information content (AvgIpc) is 2.20. The molecule has 1 rings (SSSR count). The minimum absolute atomic E-state index is 0. The number of carbonyl (C=O) groups excluding carboxylic acids is 1. The van der Waals surface area contributed by atoms with Gasteiger partial charge in [0.15, 0.2) is 0 Å². The molecule has 2 nitrogen and oxygen atoms in total. The molecule has 0 saturated carbocycles. The van der Waals surface area contributed by atoms with Gasteiger partial charge in [-0.1, -0.05) is 19.9 Å². The lowest BCUT2D eigenvalue weighted by atomic mass is 10.2. The molecule has 14 heavy (non-hydrogen) atoms. The maximum atomic E-state index is 12.8. The normalized spacial score (nSPS) is 8.57. The molecule has 80 valence electrons. The van der Waals surface area contributed by atoms with Crippen LogP contribution in [0.1, 0.15) is 20.8 Å². The van der Waals surface area contributed by atoms with Crippen molar-refractivity contribution in [3.63, 3.8) is 0 Å². The smallest absolute Gasteiger partial charge is 0.207 e. The van der Waals surface area contributed by atoms with Crippen molar-refractivity contribution in [1.82, 2.24) is 5.32 Å². The van der Waals surface area contributed by atoms with Crippen LogP contribution in [0.2, 0.25) is 0 Å². The van der Waals surface area contributed by atoms with Crippen molar-refractivity contribution in [1.29, 1.82) is 0 Å². The Labute approximate surface area is 83.4 Å². The summed E-state index contributed by atoms with van der Waals surface area (Å²) in [7, 11) is 0. The van der Waals surface area contributed by atoms with E-state index >= 15 is 0 Å². The Bertz CT molecular complexity index is 295. The molecule has 1 aromatic carbocycles. The Morgan fingerprint density at radius 3 is 2.57 bits per heavy atom. The number of rotatable bonds is 3. The highest BCUT2D eigenvalue weighted by Gasteiger charge is 2.01. The van der Waals surface area contributed by atoms with Gasteiger partial charge in [-0.3, -0.25) is 4.79 Å². The first-order valence-corrected chi connectivity index (χ1v) is 4.35. The topological polar surface area (TPSA) is 29.1 Å². The summed E-state index contributed by atoms with van der Waals surface area (Å²) in [6, 6.07) is 3.22. The number of hydrogen-bond acceptors (Lipinski definition) is 1. The van der Waals surface area contributed by atoms with Crippen LogP contribution in [-0.4, -0.2) is 6.41 Å². The summed E-state index contributed by atoms with van der Waals surface area (Å²) in [5.41, 5.74) is 0.267. The summed E-state index contributed by atoms with van der Waals surface area (Å²) in [6.07, 6.45) is 0.461. The molecule has 0 aliphatic heterocycles. The fourth-order valence-electron chi connectivity index (χ4n) is 0.817. The number of halogens is 2. The van der Waals surface area contributed by atoms with E-state index < -0.39 is 11.6 Å². The Hall–Kier alpha value is -1.45. The molecule has 0 unspecified atom stereocenters. The molecule has 0 spiro atoms. The van der Waals surface area contributed by atoms with E-state index in [1.165, 1.54) is 6.07 Å². The number of nitrogens with one attached hydrogen (secondary N) is 1. The van der Waals surface area contributed by atoms with Crippen molar-refractivity contribution in [3.8, 4) is 0 Å². The lowest BCUT2D eigenvalue weighted by molar-refractivity contribution is -0.109. The molecule has 0 aromatic heterocycles. The van der Waals surface area contributed by atoms with Crippen molar-refractivity contribution in [3.05, 3.63) is 35.4 Å². The summed E-state index contributed by atoms with van der Waals surface area (Å²) >= 11 is 0. The standard InChI is InChI=1S/C8H7F2NO.C2H6.H2/c9-7-2-1-6(4-11-5-12)8(10)3-7;1-2;/h1-3,5H,4H2,(H,11,12);1-2H3;1H. The summed E-state index contributed by atoms with van der Waals surface area (Å²) in [5, 5.41) is 2.28. The number of hydrogen-bond donors (Lipinski definition) is 1. The summed E-state index contributed by atoms with van der Waals surface area (Å²) < 4.78 is 25.1. The minimum atomic E-state index is -0.649. The van der Waals surface area contributed by atoms with Crippen LogP contribution in [0.25, 0.3) is 0 Å². The fourth-order valence-corrected chi connectivity index (χ4v) is 0.817. The van der Waals surface area contributed by atoms with Crippen LogP contribution in [0, 0.1) is 11.6 Å². The summed E-state index contributed by atoms with van der Waals surface area (Å²) in [6.45, 7) is 4.08. The molecule has 0 atom stereocenters. The number of amides is 1. The van der Waals surface area contributed by atoms with E-state index in [2.05, 4.69) is 5.32 Å². The van der Waals surface area contributed by atoms with Crippen molar-refractivity contribution in [2.24, 2.45) is 0 Å². The van der Waals surface area contributed by atoms with Crippen molar-refractivity contribution < 1.29 is 15.0 Å². The summed E-state index contributed by atoms with van der Waals surface area (Å²) in [4.78, 5) is 9.85. The lowest BCUT2D eigenvalue weighted by Gasteiger charge is -2.00. The SMILES string of the molecule is CC.O=CNCc1ccc(F)cc1F.[HH]. The molecule has 0 aliphatic rings. The highest BCUT2D eigenvalue weighted by molar-refractivity contribution is 5.46. The van der Waals surface area contributed by atoms with Gasteiger partial charge in [0.1, 0.15) is 11.6 Å². The van der Waals surface area contributed by atoms with Gasteiger partial charge in [-0.05, 0) is 6.07 Å². The van der Waals surface area contributed by atoms with Crippen molar-refractivity contribution >= 4 is 6.41 Å². The van der Waals surface area contributed by atoms with Gasteiger partial charge in [-0.15, -0.1) is 0 Å². The zero-order valence-electron chi connectivity index (χ0n) is 8.18. The van der Waals surface area contributed by atoms with Gasteiger partial charge in [0.05, 0.1) is 0 Å². The Balaban J connectivity index is 0. The molecule has 1 aromatic rings. The van der Waals surface area contributed by atoms with Crippen LogP contribution in [0.3, 0.4) is 0 Å². The molecule has 1 amide bonds. The van der Waals surface area contributed by atoms with E-state index in [-0.39, 0.29) is 13.5 Å². The van der Waals surface area contributed by atoms with Gasteiger partial charge in [-0.2, -0.15) is 0 Å². The first-order valence-electron chi connectivity index (χ1n) is 4.35. The number of carbonyl (C=O) groups is 1. The molecule has 1 N–H and O–H groups in total. The zero-order valence-corrected chi connectivity index (χ0v) is 8.18. The second-order valence-electron chi connectivity index (χ2n) is 2.23. The monoisotopic (exact) mass is 203 g/mol. The second-order valence-corrected chi connectivity index (χ2v) is 2.23. The zero-order chi connectivity index (χ0) is 11.0. The van der Waals surface area contributed by atoms with Crippen molar-refractivity contribution in [2.75, 3.05) is 0 Å². The first kappa shape index (κ1) is 12.6. The predicted octanol–water partition coefficient (Wildman–Crippen LogP) is 2.48. The van der Waals surface area contributed by atoms with Crippen LogP contribution < -0.4 is 5.32 Å². The third kappa shape index (κ3) is 3.98. The average molecular weight is 203 g/mol. The summed E-state index contributed by atoms with van der Waals surface area (Å²) in [5.74, 6) is -1.27. The molecule has 0 saturated heterocycles. The van der Waals surface area contributed by atoms with Gasteiger partial charge in [0, 0.05) is 19.6 Å². The second kappa shape index (κ2) is 7.00. The molecule has 0 fully saturated rings. The maximum Gasteiger partial charge on any atom is 0.207 e. The van der Waals surface area contributed by atoms with Gasteiger partial charge < -0.3 is 5.32 Å². The Morgan fingerprint density at radius 1 is 1.43 bits per heavy atom. The highest BCUT2D eigenvalue weighted by atomic mass is 19.1. The molecule has 4 heteroatoms. The van der Waals surface area contributed by atoms with E-state index in [0.29, 0.717) is 6.41 Å². The Morgan fingerprint density at radius 2 is 2.07 bits per heavy atom. The fraction of sp³-hybridized carbons (Fsp3) is 0.300. The van der Waals surface area contributed by atoms with E-state index in [1.807, 2.05) is 13.8 Å². The van der Waals surface area contributed by atoms with Gasteiger partial charge in [0.2, 0.25) is 6.41 Å². The third-order valence-electron chi connectivity index (χ3n) is 1.39. The van der Waals surface area contributed by atoms with E-state index in [4.69, 9.17) is 0 Å². The van der Waals surface area contributed by atoms with Crippen molar-refractivity contribution in [2.45, 2.75) is 20.4 Å². The largest absolute Gasteiger partial charge is 0.354 e. The Kier molecular flexibility index (Phi) is 6.28. The molecular formula is C10H15F2NO. The molecule has 0 aliphatic carbocycles. The maximum absolute atomic E-state index is 12.8. The highest BCUT2D eigenvalue weighted by Crippen LogP contribution is 2.08. The van der Waals surface area contributed by atoms with E-state index in [1.54, 1.807) is 0 Å². The predicted molar refractivity (Wildman–Crippen MR) is 52.7 cm³/mol. The molecule has 0 heterocycles. The van der Waals surface area contributed by atoms with Crippen LogP contribution in [0.4, 0.5) is 8.78 Å².